The first-order valence-electron chi connectivity index (χ1n) is 6.96. The first-order chi connectivity index (χ1) is 9.02. The van der Waals surface area contributed by atoms with Crippen LogP contribution in [0.25, 0.3) is 0 Å². The number of ether oxygens (including phenoxy) is 1. The highest BCUT2D eigenvalue weighted by Crippen LogP contribution is 2.10. The molecule has 1 N–H and O–H groups in total. The van der Waals surface area contributed by atoms with E-state index in [1.807, 2.05) is 13.8 Å². The van der Waals surface area contributed by atoms with Gasteiger partial charge in [0.1, 0.15) is 0 Å². The molecule has 0 radical (unpaired) electrons. The van der Waals surface area contributed by atoms with E-state index >= 15 is 0 Å². The zero-order valence-corrected chi connectivity index (χ0v) is 12.7. The molecule has 0 aliphatic heterocycles. The summed E-state index contributed by atoms with van der Waals surface area (Å²) in [6.45, 7) is 10.2. The normalized spacial score (nSPS) is 12.8. The molecule has 0 aliphatic rings. The highest BCUT2D eigenvalue weighted by Gasteiger charge is 2.06. The van der Waals surface area contributed by atoms with E-state index in [0.717, 1.165) is 19.5 Å². The third kappa shape index (κ3) is 5.87. The lowest BCUT2D eigenvalue weighted by Gasteiger charge is -2.23. The number of hydrogen-bond donors (Lipinski definition) is 1. The first-order valence-corrected chi connectivity index (χ1v) is 6.96. The van der Waals surface area contributed by atoms with Crippen molar-refractivity contribution in [2.75, 3.05) is 25.5 Å². The molecule has 0 aromatic carbocycles. The summed E-state index contributed by atoms with van der Waals surface area (Å²) in [5.41, 5.74) is 0. The molecule has 0 fully saturated rings. The molecule has 0 spiro atoms. The van der Waals surface area contributed by atoms with E-state index in [0.29, 0.717) is 17.9 Å². The Morgan fingerprint density at radius 3 is 2.74 bits per heavy atom. The summed E-state index contributed by atoms with van der Waals surface area (Å²) >= 11 is 0. The Morgan fingerprint density at radius 2 is 2.11 bits per heavy atom. The third-order valence-electron chi connectivity index (χ3n) is 3.08. The van der Waals surface area contributed by atoms with Gasteiger partial charge in [-0.05, 0) is 34.2 Å². The molecule has 0 saturated heterocycles. The summed E-state index contributed by atoms with van der Waals surface area (Å²) in [5, 5.41) is 3.22. The van der Waals surface area contributed by atoms with Crippen LogP contribution in [0.15, 0.2) is 12.3 Å². The van der Waals surface area contributed by atoms with Crippen molar-refractivity contribution in [3.8, 4) is 5.88 Å². The summed E-state index contributed by atoms with van der Waals surface area (Å²) in [7, 11) is 2.13. The fourth-order valence-corrected chi connectivity index (χ4v) is 1.61. The molecule has 1 rings (SSSR count). The van der Waals surface area contributed by atoms with E-state index in [-0.39, 0.29) is 6.10 Å². The first kappa shape index (κ1) is 15.7. The van der Waals surface area contributed by atoms with Crippen molar-refractivity contribution in [2.45, 2.75) is 46.3 Å². The van der Waals surface area contributed by atoms with Gasteiger partial charge in [0.2, 0.25) is 11.8 Å². The Morgan fingerprint density at radius 1 is 1.37 bits per heavy atom. The number of hydrogen-bond acceptors (Lipinski definition) is 5. The highest BCUT2D eigenvalue weighted by molar-refractivity contribution is 5.27. The molecule has 0 aliphatic carbocycles. The molecule has 0 amide bonds. The molecule has 1 atom stereocenters. The van der Waals surface area contributed by atoms with Crippen molar-refractivity contribution in [1.29, 1.82) is 0 Å². The van der Waals surface area contributed by atoms with Gasteiger partial charge in [-0.25, -0.2) is 4.98 Å². The van der Waals surface area contributed by atoms with Crippen molar-refractivity contribution in [3.63, 3.8) is 0 Å². The maximum Gasteiger partial charge on any atom is 0.225 e. The fraction of sp³-hybridized carbons (Fsp3) is 0.714. The Hall–Kier alpha value is -1.36. The lowest BCUT2D eigenvalue weighted by molar-refractivity contribution is 0.232. The van der Waals surface area contributed by atoms with Gasteiger partial charge < -0.3 is 15.0 Å². The van der Waals surface area contributed by atoms with Gasteiger partial charge in [0.15, 0.2) is 0 Å². The second kappa shape index (κ2) is 7.94. The van der Waals surface area contributed by atoms with E-state index in [1.54, 1.807) is 12.3 Å². The minimum Gasteiger partial charge on any atom is -0.475 e. The second-order valence-corrected chi connectivity index (χ2v) is 5.05. The average molecular weight is 266 g/mol. The van der Waals surface area contributed by atoms with Gasteiger partial charge in [-0.2, -0.15) is 4.98 Å². The SMILES string of the molecule is CCC(C)N(C)CCNc1nccc(OC(C)C)n1. The molecule has 1 heterocycles. The van der Waals surface area contributed by atoms with Crippen molar-refractivity contribution < 1.29 is 4.74 Å². The van der Waals surface area contributed by atoms with Crippen LogP contribution in [0, 0.1) is 0 Å². The summed E-state index contributed by atoms with van der Waals surface area (Å²) in [4.78, 5) is 10.8. The summed E-state index contributed by atoms with van der Waals surface area (Å²) < 4.78 is 5.54. The zero-order chi connectivity index (χ0) is 14.3. The molecule has 108 valence electrons. The van der Waals surface area contributed by atoms with Crippen LogP contribution in [-0.4, -0.2) is 47.2 Å². The Balaban J connectivity index is 2.41. The fourth-order valence-electron chi connectivity index (χ4n) is 1.61. The lowest BCUT2D eigenvalue weighted by Crippen LogP contribution is -2.32. The van der Waals surface area contributed by atoms with Crippen molar-refractivity contribution >= 4 is 5.95 Å². The Labute approximate surface area is 116 Å². The molecular weight excluding hydrogens is 240 g/mol. The molecule has 0 bridgehead atoms. The van der Waals surface area contributed by atoms with E-state index in [9.17, 15) is 0 Å². The van der Waals surface area contributed by atoms with E-state index in [2.05, 4.69) is 41.1 Å². The lowest BCUT2D eigenvalue weighted by atomic mass is 10.2. The van der Waals surface area contributed by atoms with Gasteiger partial charge in [0, 0.05) is 31.4 Å². The Kier molecular flexibility index (Phi) is 6.56. The standard InChI is InChI=1S/C14H26N4O/c1-6-12(4)18(5)10-9-16-14-15-8-7-13(17-14)19-11(2)3/h7-8,11-12H,6,9-10H2,1-5H3,(H,15,16,17). The number of aromatic nitrogens is 2. The Bertz CT molecular complexity index is 370. The van der Waals surface area contributed by atoms with Crippen molar-refractivity contribution in [2.24, 2.45) is 0 Å². The summed E-state index contributed by atoms with van der Waals surface area (Å²) in [6.07, 6.45) is 3.00. The van der Waals surface area contributed by atoms with Crippen LogP contribution in [0.3, 0.4) is 0 Å². The van der Waals surface area contributed by atoms with Crippen LogP contribution in [-0.2, 0) is 0 Å². The van der Waals surface area contributed by atoms with Crippen LogP contribution >= 0.6 is 0 Å². The van der Waals surface area contributed by atoms with Crippen molar-refractivity contribution in [1.82, 2.24) is 14.9 Å². The van der Waals surface area contributed by atoms with Gasteiger partial charge in [0.05, 0.1) is 6.10 Å². The minimum absolute atomic E-state index is 0.124. The summed E-state index contributed by atoms with van der Waals surface area (Å²) in [5.74, 6) is 1.23. The highest BCUT2D eigenvalue weighted by atomic mass is 16.5. The van der Waals surface area contributed by atoms with Crippen LogP contribution in [0.2, 0.25) is 0 Å². The van der Waals surface area contributed by atoms with E-state index < -0.39 is 0 Å². The van der Waals surface area contributed by atoms with Crippen molar-refractivity contribution in [3.05, 3.63) is 12.3 Å². The predicted octanol–water partition coefficient (Wildman–Crippen LogP) is 2.41. The quantitative estimate of drug-likeness (QED) is 0.783. The van der Waals surface area contributed by atoms with E-state index in [1.165, 1.54) is 0 Å². The maximum absolute atomic E-state index is 5.54. The van der Waals surface area contributed by atoms with Gasteiger partial charge >= 0.3 is 0 Å². The number of nitrogens with zero attached hydrogens (tertiary/aromatic N) is 3. The smallest absolute Gasteiger partial charge is 0.225 e. The number of rotatable bonds is 8. The zero-order valence-electron chi connectivity index (χ0n) is 12.7. The maximum atomic E-state index is 5.54. The van der Waals surface area contributed by atoms with Crippen LogP contribution < -0.4 is 10.1 Å². The summed E-state index contributed by atoms with van der Waals surface area (Å²) in [6, 6.07) is 2.37. The third-order valence-corrected chi connectivity index (χ3v) is 3.08. The topological polar surface area (TPSA) is 50.3 Å². The monoisotopic (exact) mass is 266 g/mol. The molecule has 5 heteroatoms. The molecule has 1 aromatic heterocycles. The van der Waals surface area contributed by atoms with Gasteiger partial charge in [-0.15, -0.1) is 0 Å². The molecule has 0 saturated carbocycles. The largest absolute Gasteiger partial charge is 0.475 e. The van der Waals surface area contributed by atoms with Gasteiger partial charge in [-0.1, -0.05) is 6.92 Å². The number of likely N-dealkylation sites (N-methyl/N-ethyl adjacent to an activating group) is 1. The van der Waals surface area contributed by atoms with Crippen LogP contribution in [0.1, 0.15) is 34.1 Å². The average Bonchev–Trinajstić information content (AvgIpc) is 2.37. The molecular formula is C14H26N4O. The van der Waals surface area contributed by atoms with Crippen LogP contribution in [0.5, 0.6) is 5.88 Å². The van der Waals surface area contributed by atoms with Gasteiger partial charge in [-0.3, -0.25) is 0 Å². The predicted molar refractivity (Wildman–Crippen MR) is 78.7 cm³/mol. The molecule has 1 unspecified atom stereocenters. The van der Waals surface area contributed by atoms with Gasteiger partial charge in [0.25, 0.3) is 0 Å². The number of nitrogens with one attached hydrogen (secondary N) is 1. The second-order valence-electron chi connectivity index (χ2n) is 5.05. The minimum atomic E-state index is 0.124. The molecule has 5 nitrogen and oxygen atoms in total. The molecule has 1 aromatic rings. The molecule has 19 heavy (non-hydrogen) atoms. The van der Waals surface area contributed by atoms with E-state index in [4.69, 9.17) is 4.74 Å². The van der Waals surface area contributed by atoms with Crippen LogP contribution in [0.4, 0.5) is 5.95 Å². The number of anilines is 1.